The summed E-state index contributed by atoms with van der Waals surface area (Å²) in [5, 5.41) is 17.7. The number of likely N-dealkylation sites (tertiary alicyclic amines) is 1. The van der Waals surface area contributed by atoms with E-state index in [4.69, 9.17) is 10.00 Å². The van der Waals surface area contributed by atoms with Gasteiger partial charge in [-0.25, -0.2) is 0 Å². The number of ether oxygens (including phenoxy) is 1. The van der Waals surface area contributed by atoms with Crippen LogP contribution in [0.2, 0.25) is 0 Å². The van der Waals surface area contributed by atoms with Gasteiger partial charge in [0.1, 0.15) is 12.5 Å². The molecule has 0 aromatic carbocycles. The van der Waals surface area contributed by atoms with Crippen molar-refractivity contribution >= 4 is 5.91 Å². The Morgan fingerprint density at radius 1 is 1.77 bits per heavy atom. The zero-order valence-electron chi connectivity index (χ0n) is 7.43. The van der Waals surface area contributed by atoms with Crippen LogP contribution in [0, 0.1) is 11.3 Å². The topological polar surface area (TPSA) is 73.6 Å². The molecule has 1 heterocycles. The predicted molar refractivity (Wildman–Crippen MR) is 43.6 cm³/mol. The van der Waals surface area contributed by atoms with E-state index in [0.29, 0.717) is 6.54 Å². The second kappa shape index (κ2) is 4.21. The van der Waals surface area contributed by atoms with E-state index in [1.807, 2.05) is 0 Å². The van der Waals surface area contributed by atoms with Gasteiger partial charge in [0.15, 0.2) is 0 Å². The first-order chi connectivity index (χ1) is 6.19. The lowest BCUT2D eigenvalue weighted by atomic mass is 10.3. The predicted octanol–water partition coefficient (Wildman–Crippen LogP) is -0.882. The third-order valence-electron chi connectivity index (χ3n) is 2.12. The largest absolute Gasteiger partial charge is 0.388 e. The summed E-state index contributed by atoms with van der Waals surface area (Å²) < 4.78 is 4.96. The number of nitriles is 1. The summed E-state index contributed by atoms with van der Waals surface area (Å²) in [6, 6.07) is 1.78. The molecule has 1 aliphatic rings. The van der Waals surface area contributed by atoms with E-state index in [0.717, 1.165) is 0 Å². The van der Waals surface area contributed by atoms with Crippen LogP contribution < -0.4 is 0 Å². The molecule has 0 bridgehead atoms. The molecule has 2 unspecified atom stereocenters. The van der Waals surface area contributed by atoms with Crippen LogP contribution in [0.3, 0.4) is 0 Å². The molecule has 0 spiro atoms. The Kier molecular flexibility index (Phi) is 3.23. The Balaban J connectivity index is 2.49. The number of hydrogen-bond donors (Lipinski definition) is 1. The maximum absolute atomic E-state index is 11.2. The highest BCUT2D eigenvalue weighted by molar-refractivity contribution is 5.78. The standard InChI is InChI=1S/C8H12N2O3/c1-13-7-5-10(4-6(7)11)8(12)2-3-9/h6-7,11H,2,4-5H2,1H3. The molecule has 72 valence electrons. The molecule has 0 aromatic heterocycles. The SMILES string of the molecule is COC1CN(C(=O)CC#N)CC1O. The molecule has 0 saturated carbocycles. The normalized spacial score (nSPS) is 27.3. The minimum Gasteiger partial charge on any atom is -0.388 e. The smallest absolute Gasteiger partial charge is 0.236 e. The summed E-state index contributed by atoms with van der Waals surface area (Å²) in [5.41, 5.74) is 0. The highest BCUT2D eigenvalue weighted by Crippen LogP contribution is 2.13. The van der Waals surface area contributed by atoms with Crippen LogP contribution in [0.25, 0.3) is 0 Å². The first kappa shape index (κ1) is 9.96. The highest BCUT2D eigenvalue weighted by atomic mass is 16.5. The lowest BCUT2D eigenvalue weighted by Gasteiger charge is -2.13. The molecule has 0 aromatic rings. The van der Waals surface area contributed by atoms with Crippen molar-refractivity contribution in [3.05, 3.63) is 0 Å². The van der Waals surface area contributed by atoms with Gasteiger partial charge in [0.2, 0.25) is 5.91 Å². The van der Waals surface area contributed by atoms with Gasteiger partial charge in [0.25, 0.3) is 0 Å². The number of amides is 1. The number of aliphatic hydroxyl groups excluding tert-OH is 1. The molecule has 5 nitrogen and oxygen atoms in total. The first-order valence-corrected chi connectivity index (χ1v) is 4.04. The molecule has 1 fully saturated rings. The molecule has 0 aliphatic carbocycles. The average Bonchev–Trinajstić information content (AvgIpc) is 2.47. The number of carbonyl (C=O) groups excluding carboxylic acids is 1. The van der Waals surface area contributed by atoms with Gasteiger partial charge in [0, 0.05) is 20.2 Å². The van der Waals surface area contributed by atoms with E-state index in [1.165, 1.54) is 12.0 Å². The summed E-state index contributed by atoms with van der Waals surface area (Å²) in [6.07, 6.45) is -1.08. The van der Waals surface area contributed by atoms with Crippen molar-refractivity contribution in [1.82, 2.24) is 4.90 Å². The summed E-state index contributed by atoms with van der Waals surface area (Å²) >= 11 is 0. The monoisotopic (exact) mass is 184 g/mol. The van der Waals surface area contributed by atoms with Crippen LogP contribution in [0.5, 0.6) is 0 Å². The number of carbonyl (C=O) groups is 1. The summed E-state index contributed by atoms with van der Waals surface area (Å²) in [4.78, 5) is 12.6. The van der Waals surface area contributed by atoms with Crippen LogP contribution in [-0.4, -0.2) is 48.3 Å². The Morgan fingerprint density at radius 2 is 2.46 bits per heavy atom. The van der Waals surface area contributed by atoms with Crippen molar-refractivity contribution in [2.24, 2.45) is 0 Å². The molecular weight excluding hydrogens is 172 g/mol. The Bertz CT molecular complexity index is 236. The Morgan fingerprint density at radius 3 is 2.92 bits per heavy atom. The van der Waals surface area contributed by atoms with Crippen molar-refractivity contribution in [3.8, 4) is 6.07 Å². The number of aliphatic hydroxyl groups is 1. The lowest BCUT2D eigenvalue weighted by molar-refractivity contribution is -0.129. The number of β-amino-alcohol motifs (C(OH)–C–C–N with tert-alkyl or cyclic N) is 1. The molecular formula is C8H12N2O3. The van der Waals surface area contributed by atoms with E-state index < -0.39 is 6.10 Å². The van der Waals surface area contributed by atoms with E-state index in [2.05, 4.69) is 0 Å². The van der Waals surface area contributed by atoms with E-state index in [1.54, 1.807) is 6.07 Å². The van der Waals surface area contributed by atoms with Crippen molar-refractivity contribution in [1.29, 1.82) is 5.26 Å². The highest BCUT2D eigenvalue weighted by Gasteiger charge is 2.33. The number of rotatable bonds is 2. The van der Waals surface area contributed by atoms with Gasteiger partial charge in [0.05, 0.1) is 12.2 Å². The van der Waals surface area contributed by atoms with E-state index in [-0.39, 0.29) is 25.0 Å². The lowest BCUT2D eigenvalue weighted by Crippen LogP contribution is -2.29. The molecule has 13 heavy (non-hydrogen) atoms. The third kappa shape index (κ3) is 2.17. The van der Waals surface area contributed by atoms with Crippen LogP contribution in [0.4, 0.5) is 0 Å². The average molecular weight is 184 g/mol. The zero-order valence-corrected chi connectivity index (χ0v) is 7.43. The summed E-state index contributed by atoms with van der Waals surface area (Å²) in [5.74, 6) is -0.249. The second-order valence-corrected chi connectivity index (χ2v) is 2.98. The Labute approximate surface area is 76.5 Å². The number of hydrogen-bond acceptors (Lipinski definition) is 4. The van der Waals surface area contributed by atoms with Gasteiger partial charge < -0.3 is 14.7 Å². The zero-order chi connectivity index (χ0) is 9.84. The fraction of sp³-hybridized carbons (Fsp3) is 0.750. The van der Waals surface area contributed by atoms with Crippen molar-refractivity contribution in [2.45, 2.75) is 18.6 Å². The van der Waals surface area contributed by atoms with Crippen LogP contribution in [-0.2, 0) is 9.53 Å². The molecule has 5 heteroatoms. The Hall–Kier alpha value is -1.12. The van der Waals surface area contributed by atoms with Gasteiger partial charge in [-0.15, -0.1) is 0 Å². The van der Waals surface area contributed by atoms with Crippen LogP contribution in [0.1, 0.15) is 6.42 Å². The molecule has 1 rings (SSSR count). The summed E-state index contributed by atoms with van der Waals surface area (Å²) in [7, 11) is 1.49. The van der Waals surface area contributed by atoms with Gasteiger partial charge in [-0.3, -0.25) is 4.79 Å². The maximum atomic E-state index is 11.2. The number of methoxy groups -OCH3 is 1. The molecule has 2 atom stereocenters. The minimum atomic E-state index is -0.632. The van der Waals surface area contributed by atoms with Gasteiger partial charge >= 0.3 is 0 Å². The van der Waals surface area contributed by atoms with Crippen LogP contribution in [0.15, 0.2) is 0 Å². The summed E-state index contributed by atoms with van der Waals surface area (Å²) in [6.45, 7) is 0.636. The molecule has 1 aliphatic heterocycles. The minimum absolute atomic E-state index is 0.136. The second-order valence-electron chi connectivity index (χ2n) is 2.98. The number of nitrogens with zero attached hydrogens (tertiary/aromatic N) is 2. The third-order valence-corrected chi connectivity index (χ3v) is 2.12. The molecule has 1 N–H and O–H groups in total. The van der Waals surface area contributed by atoms with Crippen molar-refractivity contribution < 1.29 is 14.6 Å². The molecule has 1 amide bonds. The molecule has 0 radical (unpaired) electrons. The first-order valence-electron chi connectivity index (χ1n) is 4.04. The fourth-order valence-corrected chi connectivity index (χ4v) is 1.37. The van der Waals surface area contributed by atoms with Crippen LogP contribution >= 0.6 is 0 Å². The van der Waals surface area contributed by atoms with Crippen molar-refractivity contribution in [2.75, 3.05) is 20.2 Å². The maximum Gasteiger partial charge on any atom is 0.236 e. The quantitative estimate of drug-likeness (QED) is 0.604. The fourth-order valence-electron chi connectivity index (χ4n) is 1.37. The van der Waals surface area contributed by atoms with E-state index >= 15 is 0 Å². The van der Waals surface area contributed by atoms with Gasteiger partial charge in [-0.05, 0) is 0 Å². The van der Waals surface area contributed by atoms with Gasteiger partial charge in [-0.1, -0.05) is 0 Å². The van der Waals surface area contributed by atoms with E-state index in [9.17, 15) is 9.90 Å². The van der Waals surface area contributed by atoms with Crippen molar-refractivity contribution in [3.63, 3.8) is 0 Å². The molecule has 1 saturated heterocycles. The van der Waals surface area contributed by atoms with Gasteiger partial charge in [-0.2, -0.15) is 5.26 Å².